The fraction of sp³-hybridized carbons (Fsp3) is 0.286. The van der Waals surface area contributed by atoms with Crippen LogP contribution in [0.15, 0.2) is 47.0 Å². The van der Waals surface area contributed by atoms with Gasteiger partial charge in [-0.15, -0.1) is 0 Å². The minimum Gasteiger partial charge on any atom is -0.339 e. The zero-order chi connectivity index (χ0) is 18.4. The number of aryl methyl sites for hydroxylation is 2. The molecule has 2 aliphatic rings. The van der Waals surface area contributed by atoms with Crippen LogP contribution in [0.2, 0.25) is 5.02 Å². The van der Waals surface area contributed by atoms with Crippen molar-refractivity contribution in [2.24, 2.45) is 0 Å². The summed E-state index contributed by atoms with van der Waals surface area (Å²) in [5.41, 5.74) is 4.59. The topological polar surface area (TPSA) is 59.2 Å². The van der Waals surface area contributed by atoms with Gasteiger partial charge in [-0.3, -0.25) is 4.79 Å². The predicted octanol–water partition coefficient (Wildman–Crippen LogP) is 4.40. The summed E-state index contributed by atoms with van der Waals surface area (Å²) < 4.78 is 5.47. The van der Waals surface area contributed by atoms with Crippen molar-refractivity contribution in [3.8, 4) is 11.4 Å². The predicted molar refractivity (Wildman–Crippen MR) is 103 cm³/mol. The third-order valence-electron chi connectivity index (χ3n) is 5.41. The lowest BCUT2D eigenvalue weighted by atomic mass is 10.1. The van der Waals surface area contributed by atoms with Gasteiger partial charge in [-0.1, -0.05) is 22.8 Å². The molecule has 1 saturated heterocycles. The van der Waals surface area contributed by atoms with E-state index >= 15 is 0 Å². The van der Waals surface area contributed by atoms with E-state index in [2.05, 4.69) is 28.3 Å². The van der Waals surface area contributed by atoms with Gasteiger partial charge in [0.05, 0.1) is 5.92 Å². The first kappa shape index (κ1) is 16.5. The Labute approximate surface area is 161 Å². The Morgan fingerprint density at radius 2 is 1.89 bits per heavy atom. The zero-order valence-electron chi connectivity index (χ0n) is 14.7. The maximum atomic E-state index is 12.6. The van der Waals surface area contributed by atoms with Gasteiger partial charge in [0.1, 0.15) is 0 Å². The van der Waals surface area contributed by atoms with Gasteiger partial charge in [-0.25, -0.2) is 0 Å². The molecule has 2 heterocycles. The highest BCUT2D eigenvalue weighted by Crippen LogP contribution is 2.34. The molecule has 1 unspecified atom stereocenters. The number of halogens is 1. The van der Waals surface area contributed by atoms with Gasteiger partial charge in [-0.05, 0) is 66.8 Å². The van der Waals surface area contributed by atoms with E-state index in [1.165, 1.54) is 17.5 Å². The number of anilines is 1. The molecule has 0 saturated carbocycles. The number of amides is 1. The first-order valence-corrected chi connectivity index (χ1v) is 9.57. The second-order valence-electron chi connectivity index (χ2n) is 7.18. The fourth-order valence-corrected chi connectivity index (χ4v) is 4.09. The van der Waals surface area contributed by atoms with Crippen LogP contribution in [0.4, 0.5) is 5.69 Å². The van der Waals surface area contributed by atoms with E-state index in [1.807, 2.05) is 17.0 Å². The molecule has 5 rings (SSSR count). The van der Waals surface area contributed by atoms with Crippen molar-refractivity contribution >= 4 is 23.2 Å². The molecule has 1 amide bonds. The summed E-state index contributed by atoms with van der Waals surface area (Å²) >= 11 is 5.93. The van der Waals surface area contributed by atoms with Crippen molar-refractivity contribution in [1.29, 1.82) is 0 Å². The number of aromatic nitrogens is 2. The minimum absolute atomic E-state index is 0.0840. The number of nitrogens with zero attached hydrogens (tertiary/aromatic N) is 3. The highest BCUT2D eigenvalue weighted by molar-refractivity contribution is 6.30. The Bertz CT molecular complexity index is 1010. The van der Waals surface area contributed by atoms with Crippen LogP contribution in [0, 0.1) is 0 Å². The molecule has 5 nitrogen and oxygen atoms in total. The van der Waals surface area contributed by atoms with E-state index in [1.54, 1.807) is 12.1 Å². The normalized spacial score (nSPS) is 18.9. The van der Waals surface area contributed by atoms with Crippen molar-refractivity contribution in [2.45, 2.75) is 31.6 Å². The van der Waals surface area contributed by atoms with Crippen molar-refractivity contribution in [1.82, 2.24) is 10.1 Å². The van der Waals surface area contributed by atoms with Crippen LogP contribution in [-0.4, -0.2) is 22.6 Å². The summed E-state index contributed by atoms with van der Waals surface area (Å²) in [5.74, 6) is 1.05. The number of fused-ring (bicyclic) bond motifs is 1. The van der Waals surface area contributed by atoms with E-state index in [4.69, 9.17) is 16.1 Å². The zero-order valence-corrected chi connectivity index (χ0v) is 15.4. The van der Waals surface area contributed by atoms with Crippen LogP contribution in [0.5, 0.6) is 0 Å². The lowest BCUT2D eigenvalue weighted by Crippen LogP contribution is -2.24. The highest BCUT2D eigenvalue weighted by atomic mass is 35.5. The average molecular weight is 380 g/mol. The summed E-state index contributed by atoms with van der Waals surface area (Å²) in [6, 6.07) is 13.7. The molecule has 136 valence electrons. The van der Waals surface area contributed by atoms with Crippen LogP contribution in [0.3, 0.4) is 0 Å². The Morgan fingerprint density at radius 1 is 1.07 bits per heavy atom. The summed E-state index contributed by atoms with van der Waals surface area (Å²) in [6.07, 6.45) is 3.83. The molecule has 1 aliphatic heterocycles. The molecule has 6 heteroatoms. The third-order valence-corrected chi connectivity index (χ3v) is 5.66. The quantitative estimate of drug-likeness (QED) is 0.676. The number of carbonyl (C=O) groups excluding carboxylic acids is 1. The van der Waals surface area contributed by atoms with Gasteiger partial charge in [0, 0.05) is 29.2 Å². The van der Waals surface area contributed by atoms with Gasteiger partial charge in [0.25, 0.3) is 0 Å². The van der Waals surface area contributed by atoms with Gasteiger partial charge in [-0.2, -0.15) is 4.98 Å². The van der Waals surface area contributed by atoms with Crippen molar-refractivity contribution in [3.63, 3.8) is 0 Å². The average Bonchev–Trinajstić information content (AvgIpc) is 3.40. The largest absolute Gasteiger partial charge is 0.339 e. The van der Waals surface area contributed by atoms with Crippen molar-refractivity contribution in [3.05, 3.63) is 64.5 Å². The molecule has 27 heavy (non-hydrogen) atoms. The van der Waals surface area contributed by atoms with Gasteiger partial charge in [0.2, 0.25) is 17.6 Å². The first-order valence-electron chi connectivity index (χ1n) is 9.19. The second kappa shape index (κ2) is 6.50. The monoisotopic (exact) mass is 379 g/mol. The molecule has 1 atom stereocenters. The van der Waals surface area contributed by atoms with Gasteiger partial charge >= 0.3 is 0 Å². The fourth-order valence-electron chi connectivity index (χ4n) is 3.97. The number of carbonyl (C=O) groups is 1. The number of hydrogen-bond donors (Lipinski definition) is 0. The Morgan fingerprint density at radius 3 is 2.74 bits per heavy atom. The summed E-state index contributed by atoms with van der Waals surface area (Å²) in [7, 11) is 0. The van der Waals surface area contributed by atoms with Gasteiger partial charge < -0.3 is 9.42 Å². The number of benzene rings is 2. The SMILES string of the molecule is O=C1CC(c2nc(-c3ccc(Cl)cc3)no2)CN1c1ccc2c(c1)CCC2. The smallest absolute Gasteiger partial charge is 0.232 e. The molecule has 0 bridgehead atoms. The summed E-state index contributed by atoms with van der Waals surface area (Å²) in [6.45, 7) is 0.569. The molecule has 0 radical (unpaired) electrons. The summed E-state index contributed by atoms with van der Waals surface area (Å²) in [4.78, 5) is 18.9. The standard InChI is InChI=1S/C21H18ClN3O2/c22-17-7-4-14(5-8-17)20-23-21(27-24-20)16-11-19(26)25(12-16)18-9-6-13-2-1-3-15(13)10-18/h4-10,16H,1-3,11-12H2. The molecular weight excluding hydrogens is 362 g/mol. The van der Waals surface area contributed by atoms with E-state index in [9.17, 15) is 4.79 Å². The van der Waals surface area contributed by atoms with Crippen LogP contribution >= 0.6 is 11.6 Å². The third kappa shape index (κ3) is 3.02. The minimum atomic E-state index is -0.0840. The van der Waals surface area contributed by atoms with Crippen molar-refractivity contribution in [2.75, 3.05) is 11.4 Å². The molecule has 1 aromatic heterocycles. The Hall–Kier alpha value is -2.66. The number of hydrogen-bond acceptors (Lipinski definition) is 4. The van der Waals surface area contributed by atoms with E-state index in [-0.39, 0.29) is 11.8 Å². The molecule has 2 aromatic carbocycles. The highest BCUT2D eigenvalue weighted by Gasteiger charge is 2.35. The molecule has 0 spiro atoms. The molecular formula is C21H18ClN3O2. The van der Waals surface area contributed by atoms with E-state index in [0.717, 1.165) is 24.1 Å². The molecule has 1 aliphatic carbocycles. The van der Waals surface area contributed by atoms with E-state index < -0.39 is 0 Å². The lowest BCUT2D eigenvalue weighted by molar-refractivity contribution is -0.117. The van der Waals surface area contributed by atoms with E-state index in [0.29, 0.717) is 29.7 Å². The number of rotatable bonds is 3. The maximum absolute atomic E-state index is 12.6. The lowest BCUT2D eigenvalue weighted by Gasteiger charge is -2.17. The van der Waals surface area contributed by atoms with Gasteiger partial charge in [0.15, 0.2) is 0 Å². The van der Waals surface area contributed by atoms with Crippen molar-refractivity contribution < 1.29 is 9.32 Å². The first-order chi connectivity index (χ1) is 13.2. The second-order valence-corrected chi connectivity index (χ2v) is 7.61. The Kier molecular flexibility index (Phi) is 3.97. The summed E-state index contributed by atoms with van der Waals surface area (Å²) in [5, 5.41) is 4.73. The van der Waals surface area contributed by atoms with Crippen LogP contribution in [0.1, 0.15) is 35.8 Å². The molecule has 0 N–H and O–H groups in total. The van der Waals surface area contributed by atoms with Crippen LogP contribution < -0.4 is 4.90 Å². The molecule has 3 aromatic rings. The molecule has 1 fully saturated rings. The Balaban J connectivity index is 1.37. The van der Waals surface area contributed by atoms with Crippen LogP contribution in [-0.2, 0) is 17.6 Å². The van der Waals surface area contributed by atoms with Crippen LogP contribution in [0.25, 0.3) is 11.4 Å². The maximum Gasteiger partial charge on any atom is 0.232 e.